The maximum absolute atomic E-state index is 12.2. The topological polar surface area (TPSA) is 62.1 Å². The van der Waals surface area contributed by atoms with Crippen LogP contribution in [0.5, 0.6) is 5.75 Å². The predicted molar refractivity (Wildman–Crippen MR) is 85.8 cm³/mol. The third-order valence-electron chi connectivity index (χ3n) is 3.19. The van der Waals surface area contributed by atoms with Gasteiger partial charge in [-0.1, -0.05) is 23.3 Å². The van der Waals surface area contributed by atoms with E-state index < -0.39 is 5.91 Å². The Balaban J connectivity index is 2.15. The van der Waals surface area contributed by atoms with Crippen LogP contribution in [-0.4, -0.2) is 30.8 Å². The molecule has 0 radical (unpaired) electrons. The highest BCUT2D eigenvalue weighted by Crippen LogP contribution is 2.27. The standard InChI is InChI=1S/C16H14N2O4S/c1-3-7-18-14-11(20-2)5-4-6-13(14)23-16(18)17-15(19)12-10-21-8-9-22-12/h1,4-6,10H,7-9H2,2H3. The number of nitrogens with zero attached hydrogens (tertiary/aromatic N) is 2. The summed E-state index contributed by atoms with van der Waals surface area (Å²) < 4.78 is 18.4. The fourth-order valence-electron chi connectivity index (χ4n) is 2.21. The summed E-state index contributed by atoms with van der Waals surface area (Å²) in [5, 5.41) is 0. The monoisotopic (exact) mass is 330 g/mol. The van der Waals surface area contributed by atoms with Gasteiger partial charge in [-0.15, -0.1) is 6.42 Å². The zero-order chi connectivity index (χ0) is 16.2. The largest absolute Gasteiger partial charge is 0.495 e. The van der Waals surface area contributed by atoms with Crippen molar-refractivity contribution in [2.75, 3.05) is 20.3 Å². The zero-order valence-corrected chi connectivity index (χ0v) is 13.3. The molecule has 2 heterocycles. The first kappa shape index (κ1) is 15.2. The second-order valence-corrected chi connectivity index (χ2v) is 5.61. The Morgan fingerprint density at radius 3 is 3.09 bits per heavy atom. The number of methoxy groups -OCH3 is 1. The van der Waals surface area contributed by atoms with Crippen LogP contribution in [0, 0.1) is 12.3 Å². The van der Waals surface area contributed by atoms with Crippen LogP contribution in [0.2, 0.25) is 0 Å². The molecule has 0 saturated carbocycles. The van der Waals surface area contributed by atoms with Crippen molar-refractivity contribution in [3.8, 4) is 18.1 Å². The minimum Gasteiger partial charge on any atom is -0.495 e. The number of rotatable bonds is 3. The van der Waals surface area contributed by atoms with E-state index in [1.54, 1.807) is 11.7 Å². The van der Waals surface area contributed by atoms with Gasteiger partial charge < -0.3 is 18.8 Å². The van der Waals surface area contributed by atoms with Crippen molar-refractivity contribution in [3.63, 3.8) is 0 Å². The number of ether oxygens (including phenoxy) is 3. The molecule has 0 N–H and O–H groups in total. The number of thiazole rings is 1. The number of hydrogen-bond donors (Lipinski definition) is 0. The Hall–Kier alpha value is -2.72. The highest BCUT2D eigenvalue weighted by molar-refractivity contribution is 7.16. The zero-order valence-electron chi connectivity index (χ0n) is 12.4. The van der Waals surface area contributed by atoms with Crippen molar-refractivity contribution in [1.82, 2.24) is 4.57 Å². The number of benzene rings is 1. The Morgan fingerprint density at radius 1 is 1.52 bits per heavy atom. The van der Waals surface area contributed by atoms with Crippen LogP contribution >= 0.6 is 11.3 Å². The molecule has 0 spiro atoms. The van der Waals surface area contributed by atoms with Crippen molar-refractivity contribution >= 4 is 27.5 Å². The van der Waals surface area contributed by atoms with Gasteiger partial charge in [0.25, 0.3) is 0 Å². The molecule has 6 nitrogen and oxygen atoms in total. The first-order chi connectivity index (χ1) is 11.2. The summed E-state index contributed by atoms with van der Waals surface area (Å²) in [6, 6.07) is 5.65. The van der Waals surface area contributed by atoms with E-state index in [4.69, 9.17) is 20.6 Å². The van der Waals surface area contributed by atoms with Gasteiger partial charge in [-0.3, -0.25) is 4.79 Å². The van der Waals surface area contributed by atoms with Crippen molar-refractivity contribution in [2.45, 2.75) is 6.54 Å². The summed E-state index contributed by atoms with van der Waals surface area (Å²) >= 11 is 1.36. The molecule has 7 heteroatoms. The molecule has 1 aromatic heterocycles. The molecule has 3 rings (SSSR count). The fourth-order valence-corrected chi connectivity index (χ4v) is 3.25. The van der Waals surface area contributed by atoms with Gasteiger partial charge in [-0.2, -0.15) is 4.99 Å². The molecule has 0 aliphatic carbocycles. The molecule has 23 heavy (non-hydrogen) atoms. The number of carbonyl (C=O) groups excluding carboxylic acids is 1. The van der Waals surface area contributed by atoms with Gasteiger partial charge in [0.2, 0.25) is 5.76 Å². The lowest BCUT2D eigenvalue weighted by molar-refractivity contribution is -0.119. The van der Waals surface area contributed by atoms with Gasteiger partial charge in [-0.05, 0) is 12.1 Å². The number of amides is 1. The van der Waals surface area contributed by atoms with E-state index in [2.05, 4.69) is 10.9 Å². The highest BCUT2D eigenvalue weighted by Gasteiger charge is 2.16. The Bertz CT molecular complexity index is 886. The summed E-state index contributed by atoms with van der Waals surface area (Å²) in [4.78, 5) is 16.8. The Morgan fingerprint density at radius 2 is 2.39 bits per heavy atom. The number of aromatic nitrogens is 1. The van der Waals surface area contributed by atoms with Crippen LogP contribution in [0.3, 0.4) is 0 Å². The molecule has 118 valence electrons. The molecule has 1 amide bonds. The van der Waals surface area contributed by atoms with Crippen molar-refractivity contribution < 1.29 is 19.0 Å². The smallest absolute Gasteiger partial charge is 0.317 e. The average molecular weight is 330 g/mol. The second-order valence-electron chi connectivity index (χ2n) is 4.60. The number of para-hydroxylation sites is 1. The summed E-state index contributed by atoms with van der Waals surface area (Å²) in [6.45, 7) is 1.04. The Labute approximate surface area is 136 Å². The number of carbonyl (C=O) groups is 1. The predicted octanol–water partition coefficient (Wildman–Crippen LogP) is 1.66. The van der Waals surface area contributed by atoms with E-state index in [-0.39, 0.29) is 12.3 Å². The normalized spacial score (nSPS) is 14.6. The van der Waals surface area contributed by atoms with Gasteiger partial charge in [0, 0.05) is 0 Å². The fraction of sp³-hybridized carbons (Fsp3) is 0.250. The van der Waals surface area contributed by atoms with E-state index in [1.165, 1.54) is 17.6 Å². The molecule has 0 atom stereocenters. The van der Waals surface area contributed by atoms with Crippen LogP contribution in [0.25, 0.3) is 10.2 Å². The first-order valence-corrected chi connectivity index (χ1v) is 7.69. The van der Waals surface area contributed by atoms with Gasteiger partial charge in [0.15, 0.2) is 4.80 Å². The average Bonchev–Trinajstić information content (AvgIpc) is 2.93. The molecule has 2 aromatic rings. The minimum atomic E-state index is -0.499. The molecule has 0 saturated heterocycles. The SMILES string of the molecule is C#CCn1c(=NC(=O)C2=COCCO2)sc2cccc(OC)c21. The molecule has 0 fully saturated rings. The van der Waals surface area contributed by atoms with Crippen LogP contribution < -0.4 is 9.54 Å². The van der Waals surface area contributed by atoms with Crippen LogP contribution in [0.1, 0.15) is 0 Å². The van der Waals surface area contributed by atoms with Gasteiger partial charge >= 0.3 is 5.91 Å². The van der Waals surface area contributed by atoms with E-state index in [1.807, 2.05) is 18.2 Å². The summed E-state index contributed by atoms with van der Waals surface area (Å²) in [5.41, 5.74) is 0.819. The lowest BCUT2D eigenvalue weighted by atomic mass is 10.3. The quantitative estimate of drug-likeness (QED) is 0.803. The first-order valence-electron chi connectivity index (χ1n) is 6.88. The van der Waals surface area contributed by atoms with Gasteiger partial charge in [0.05, 0.1) is 18.4 Å². The summed E-state index contributed by atoms with van der Waals surface area (Å²) in [7, 11) is 1.59. The van der Waals surface area contributed by atoms with Crippen molar-refractivity contribution in [2.24, 2.45) is 4.99 Å². The van der Waals surface area contributed by atoms with E-state index in [0.717, 1.165) is 10.2 Å². The Kier molecular flexibility index (Phi) is 4.35. The van der Waals surface area contributed by atoms with Crippen molar-refractivity contribution in [1.29, 1.82) is 0 Å². The lowest BCUT2D eigenvalue weighted by Gasteiger charge is -2.12. The van der Waals surface area contributed by atoms with E-state index >= 15 is 0 Å². The molecule has 0 bridgehead atoms. The van der Waals surface area contributed by atoms with Crippen LogP contribution in [-0.2, 0) is 20.8 Å². The van der Waals surface area contributed by atoms with Crippen LogP contribution in [0.4, 0.5) is 0 Å². The molecule has 1 aliphatic rings. The number of terminal acetylenes is 1. The molecule has 1 aromatic carbocycles. The third-order valence-corrected chi connectivity index (χ3v) is 4.23. The lowest BCUT2D eigenvalue weighted by Crippen LogP contribution is -2.20. The van der Waals surface area contributed by atoms with Crippen molar-refractivity contribution in [3.05, 3.63) is 35.0 Å². The summed E-state index contributed by atoms with van der Waals surface area (Å²) in [6.07, 6.45) is 6.74. The summed E-state index contributed by atoms with van der Waals surface area (Å²) in [5.74, 6) is 2.85. The second kappa shape index (κ2) is 6.58. The van der Waals surface area contributed by atoms with Gasteiger partial charge in [-0.25, -0.2) is 0 Å². The van der Waals surface area contributed by atoms with Gasteiger partial charge in [0.1, 0.15) is 30.7 Å². The van der Waals surface area contributed by atoms with Crippen LogP contribution in [0.15, 0.2) is 35.2 Å². The minimum absolute atomic E-state index is 0.0907. The highest BCUT2D eigenvalue weighted by atomic mass is 32.1. The third kappa shape index (κ3) is 2.94. The molecule has 1 aliphatic heterocycles. The number of hydrogen-bond acceptors (Lipinski definition) is 5. The molecular formula is C16H14N2O4S. The van der Waals surface area contributed by atoms with E-state index in [9.17, 15) is 4.79 Å². The van der Waals surface area contributed by atoms with E-state index in [0.29, 0.717) is 23.8 Å². The number of fused-ring (bicyclic) bond motifs is 1. The molecule has 0 unspecified atom stereocenters. The maximum Gasteiger partial charge on any atom is 0.317 e. The molecular weight excluding hydrogens is 316 g/mol. The maximum atomic E-state index is 12.2.